The molecule has 0 bridgehead atoms. The van der Waals surface area contributed by atoms with E-state index in [0.717, 1.165) is 26.2 Å². The quantitative estimate of drug-likeness (QED) is 0.163. The monoisotopic (exact) mass is 499 g/mol. The lowest BCUT2D eigenvalue weighted by molar-refractivity contribution is 0.260. The molecule has 0 saturated heterocycles. The molecule has 0 saturated carbocycles. The molecule has 0 heterocycles. The van der Waals surface area contributed by atoms with E-state index < -0.39 is 0 Å². The zero-order valence-electron chi connectivity index (χ0n) is 22.9. The maximum Gasteiger partial charge on any atom is -0.000664 e. The predicted molar refractivity (Wildman–Crippen MR) is 160 cm³/mol. The Morgan fingerprint density at radius 3 is 1.27 bits per heavy atom. The molecule has 3 nitrogen and oxygen atoms in total. The van der Waals surface area contributed by atoms with Crippen LogP contribution in [0.5, 0.6) is 0 Å². The molecule has 3 aromatic rings. The number of nitrogens with zero attached hydrogens (tertiary/aromatic N) is 1. The topological polar surface area (TPSA) is 27.3 Å². The van der Waals surface area contributed by atoms with Crippen molar-refractivity contribution >= 4 is 0 Å². The lowest BCUT2D eigenvalue weighted by atomic mass is 10.1. The van der Waals surface area contributed by atoms with Crippen LogP contribution in [-0.4, -0.2) is 50.7 Å². The Hall–Kier alpha value is -2.46. The summed E-state index contributed by atoms with van der Waals surface area (Å²) in [6, 6.07) is 32.6. The van der Waals surface area contributed by atoms with Crippen LogP contribution >= 0.6 is 0 Å². The summed E-state index contributed by atoms with van der Waals surface area (Å²) in [7, 11) is 0. The van der Waals surface area contributed by atoms with Crippen LogP contribution in [0.3, 0.4) is 0 Å². The maximum absolute atomic E-state index is 3.66. The van der Waals surface area contributed by atoms with Gasteiger partial charge in [0.25, 0.3) is 0 Å². The highest BCUT2D eigenvalue weighted by Gasteiger charge is 2.05. The highest BCUT2D eigenvalue weighted by Crippen LogP contribution is 2.06. The van der Waals surface area contributed by atoms with Gasteiger partial charge in [0.05, 0.1) is 0 Å². The van der Waals surface area contributed by atoms with Crippen molar-refractivity contribution in [1.82, 2.24) is 15.5 Å². The normalized spacial score (nSPS) is 11.3. The van der Waals surface area contributed by atoms with Gasteiger partial charge < -0.3 is 15.5 Å². The SMILES string of the molecule is c1ccc(CCCNCCCCN(CCCNCCCc2ccccc2)CCCc2ccccc2)cc1. The van der Waals surface area contributed by atoms with Gasteiger partial charge in [-0.3, -0.25) is 0 Å². The summed E-state index contributed by atoms with van der Waals surface area (Å²) in [5.74, 6) is 0. The van der Waals surface area contributed by atoms with Crippen LogP contribution in [0.4, 0.5) is 0 Å². The number of benzene rings is 3. The number of hydrogen-bond acceptors (Lipinski definition) is 3. The minimum Gasteiger partial charge on any atom is -0.317 e. The van der Waals surface area contributed by atoms with E-state index in [4.69, 9.17) is 0 Å². The summed E-state index contributed by atoms with van der Waals surface area (Å²) in [4.78, 5) is 2.70. The molecule has 200 valence electrons. The minimum absolute atomic E-state index is 1.11. The van der Waals surface area contributed by atoms with Crippen LogP contribution in [0.2, 0.25) is 0 Å². The van der Waals surface area contributed by atoms with E-state index in [1.54, 1.807) is 0 Å². The van der Waals surface area contributed by atoms with E-state index in [9.17, 15) is 0 Å². The van der Waals surface area contributed by atoms with Crippen LogP contribution in [0.25, 0.3) is 0 Å². The highest BCUT2D eigenvalue weighted by molar-refractivity contribution is 5.16. The molecule has 0 spiro atoms. The van der Waals surface area contributed by atoms with Crippen molar-refractivity contribution in [2.24, 2.45) is 0 Å². The van der Waals surface area contributed by atoms with Gasteiger partial charge in [0.1, 0.15) is 0 Å². The number of hydrogen-bond donors (Lipinski definition) is 2. The van der Waals surface area contributed by atoms with Crippen LogP contribution < -0.4 is 10.6 Å². The van der Waals surface area contributed by atoms with Crippen molar-refractivity contribution in [3.8, 4) is 0 Å². The van der Waals surface area contributed by atoms with Crippen molar-refractivity contribution in [2.75, 3.05) is 45.8 Å². The summed E-state index contributed by atoms with van der Waals surface area (Å²) < 4.78 is 0. The molecule has 0 aliphatic rings. The lowest BCUT2D eigenvalue weighted by Crippen LogP contribution is -2.30. The average molecular weight is 500 g/mol. The van der Waals surface area contributed by atoms with Crippen LogP contribution in [0.15, 0.2) is 91.0 Å². The fourth-order valence-corrected chi connectivity index (χ4v) is 4.87. The van der Waals surface area contributed by atoms with Crippen molar-refractivity contribution in [2.45, 2.75) is 57.8 Å². The number of aryl methyl sites for hydroxylation is 3. The molecule has 3 heteroatoms. The highest BCUT2D eigenvalue weighted by atomic mass is 15.1. The van der Waals surface area contributed by atoms with Gasteiger partial charge >= 0.3 is 0 Å². The van der Waals surface area contributed by atoms with Crippen molar-refractivity contribution in [3.05, 3.63) is 108 Å². The zero-order chi connectivity index (χ0) is 25.6. The van der Waals surface area contributed by atoms with E-state index in [-0.39, 0.29) is 0 Å². The second-order valence-corrected chi connectivity index (χ2v) is 10.2. The molecule has 0 atom stereocenters. The van der Waals surface area contributed by atoms with Gasteiger partial charge in [-0.1, -0.05) is 91.0 Å². The molecule has 0 unspecified atom stereocenters. The van der Waals surface area contributed by atoms with Gasteiger partial charge in [0, 0.05) is 0 Å². The van der Waals surface area contributed by atoms with Gasteiger partial charge in [-0.25, -0.2) is 0 Å². The molecule has 0 aliphatic carbocycles. The zero-order valence-corrected chi connectivity index (χ0v) is 22.9. The summed E-state index contributed by atoms with van der Waals surface area (Å²) in [6.45, 7) is 8.10. The smallest absolute Gasteiger partial charge is 0.000664 e. The first-order chi connectivity index (χ1) is 18.4. The Kier molecular flexibility index (Phi) is 15.4. The predicted octanol–water partition coefficient (Wildman–Crippen LogP) is 6.54. The number of rotatable bonds is 21. The van der Waals surface area contributed by atoms with Crippen molar-refractivity contribution < 1.29 is 0 Å². The Bertz CT molecular complexity index is 898. The lowest BCUT2D eigenvalue weighted by Gasteiger charge is -2.22. The molecule has 37 heavy (non-hydrogen) atoms. The third-order valence-corrected chi connectivity index (χ3v) is 7.01. The molecule has 0 radical (unpaired) electrons. The molecule has 0 aliphatic heterocycles. The molecule has 0 aromatic heterocycles. The Labute approximate surface area is 226 Å². The fraction of sp³-hybridized carbons (Fsp3) is 0.471. The standard InChI is InChI=1S/C34H49N3/c1-4-16-32(17-5-1)22-12-26-35-25-10-11-29-37(30-14-24-34-20-8-3-9-21-34)31-15-28-36-27-13-23-33-18-6-2-7-19-33/h1-9,16-21,35-36H,10-15,22-31H2. The molecule has 3 aromatic carbocycles. The number of unbranched alkanes of at least 4 members (excludes halogenated alkanes) is 1. The Balaban J connectivity index is 1.24. The van der Waals surface area contributed by atoms with E-state index in [1.807, 2.05) is 0 Å². The summed E-state index contributed by atoms with van der Waals surface area (Å²) >= 11 is 0. The molecule has 0 amide bonds. The van der Waals surface area contributed by atoms with Crippen molar-refractivity contribution in [3.63, 3.8) is 0 Å². The van der Waals surface area contributed by atoms with E-state index in [0.29, 0.717) is 0 Å². The van der Waals surface area contributed by atoms with Gasteiger partial charge in [-0.2, -0.15) is 0 Å². The van der Waals surface area contributed by atoms with Crippen LogP contribution in [0, 0.1) is 0 Å². The van der Waals surface area contributed by atoms with Gasteiger partial charge in [-0.05, 0) is 120 Å². The first-order valence-corrected chi connectivity index (χ1v) is 14.7. The van der Waals surface area contributed by atoms with Gasteiger partial charge in [-0.15, -0.1) is 0 Å². The summed E-state index contributed by atoms with van der Waals surface area (Å²) in [5.41, 5.74) is 4.35. The molecular formula is C34H49N3. The Morgan fingerprint density at radius 2 is 0.757 bits per heavy atom. The van der Waals surface area contributed by atoms with E-state index >= 15 is 0 Å². The van der Waals surface area contributed by atoms with Crippen molar-refractivity contribution in [1.29, 1.82) is 0 Å². The third kappa shape index (κ3) is 14.2. The second-order valence-electron chi connectivity index (χ2n) is 10.2. The summed E-state index contributed by atoms with van der Waals surface area (Å²) in [5, 5.41) is 7.31. The largest absolute Gasteiger partial charge is 0.317 e. The fourth-order valence-electron chi connectivity index (χ4n) is 4.87. The summed E-state index contributed by atoms with van der Waals surface area (Å²) in [6.07, 6.45) is 11.0. The second kappa shape index (κ2) is 19.6. The van der Waals surface area contributed by atoms with Gasteiger partial charge in [0.15, 0.2) is 0 Å². The molecular weight excluding hydrogens is 450 g/mol. The molecule has 3 rings (SSSR count). The molecule has 2 N–H and O–H groups in total. The van der Waals surface area contributed by atoms with Crippen LogP contribution in [0.1, 0.15) is 55.2 Å². The first-order valence-electron chi connectivity index (χ1n) is 14.7. The first kappa shape index (κ1) is 29.1. The minimum atomic E-state index is 1.11. The molecule has 0 fully saturated rings. The average Bonchev–Trinajstić information content (AvgIpc) is 2.95. The van der Waals surface area contributed by atoms with Gasteiger partial charge in [0.2, 0.25) is 0 Å². The maximum atomic E-state index is 3.66. The number of nitrogens with one attached hydrogen (secondary N) is 2. The van der Waals surface area contributed by atoms with Crippen LogP contribution in [-0.2, 0) is 19.3 Å². The third-order valence-electron chi connectivity index (χ3n) is 7.01. The van der Waals surface area contributed by atoms with E-state index in [1.165, 1.54) is 94.1 Å². The Morgan fingerprint density at radius 1 is 0.378 bits per heavy atom. The van der Waals surface area contributed by atoms with E-state index in [2.05, 4.69) is 107 Å².